The van der Waals surface area contributed by atoms with Crippen LogP contribution in [-0.2, 0) is 5.75 Å². The molecule has 0 amide bonds. The van der Waals surface area contributed by atoms with Crippen molar-refractivity contribution in [3.05, 3.63) is 47.7 Å². The molecule has 4 nitrogen and oxygen atoms in total. The summed E-state index contributed by atoms with van der Waals surface area (Å²) >= 11 is 1.66. The normalized spacial score (nSPS) is 11.0. The number of aromatic amines is 1. The number of aryl methyl sites for hydroxylation is 1. The third kappa shape index (κ3) is 2.71. The Morgan fingerprint density at radius 2 is 2.16 bits per heavy atom. The molecule has 0 unspecified atom stereocenters. The van der Waals surface area contributed by atoms with Gasteiger partial charge in [0, 0.05) is 11.9 Å². The van der Waals surface area contributed by atoms with E-state index in [1.54, 1.807) is 18.0 Å². The maximum atomic E-state index is 5.66. The van der Waals surface area contributed by atoms with Crippen LogP contribution in [0.5, 0.6) is 0 Å². The number of nitrogen functional groups attached to an aromatic ring is 1. The van der Waals surface area contributed by atoms with Crippen LogP contribution in [0, 0.1) is 6.92 Å². The van der Waals surface area contributed by atoms with E-state index < -0.39 is 0 Å². The summed E-state index contributed by atoms with van der Waals surface area (Å²) in [5.74, 6) is 1.38. The smallest absolute Gasteiger partial charge is 0.166 e. The number of anilines is 1. The second-order valence-electron chi connectivity index (χ2n) is 4.44. The van der Waals surface area contributed by atoms with Crippen molar-refractivity contribution in [1.82, 2.24) is 15.0 Å². The Balaban J connectivity index is 1.78. The van der Waals surface area contributed by atoms with Crippen LogP contribution >= 0.6 is 11.8 Å². The van der Waals surface area contributed by atoms with Crippen LogP contribution in [0.3, 0.4) is 0 Å². The molecule has 1 aromatic carbocycles. The van der Waals surface area contributed by atoms with Crippen LogP contribution in [0.1, 0.15) is 11.1 Å². The minimum Gasteiger partial charge on any atom is -0.384 e. The standard InChI is InChI=1S/C14H14N4S/c1-9-2-3-11-12(6-9)18-14(17-11)19-8-10-4-5-16-13(15)7-10/h2-7H,8H2,1H3,(H2,15,16)(H,17,18). The molecular weight excluding hydrogens is 256 g/mol. The summed E-state index contributed by atoms with van der Waals surface area (Å²) in [5, 5.41) is 0.927. The molecule has 3 rings (SSSR count). The monoisotopic (exact) mass is 270 g/mol. The van der Waals surface area contributed by atoms with E-state index in [0.717, 1.165) is 27.5 Å². The molecular formula is C14H14N4S. The summed E-state index contributed by atoms with van der Waals surface area (Å²) in [6, 6.07) is 10.1. The molecule has 0 radical (unpaired) electrons. The lowest BCUT2D eigenvalue weighted by atomic mass is 10.2. The lowest BCUT2D eigenvalue weighted by molar-refractivity contribution is 1.08. The maximum absolute atomic E-state index is 5.66. The number of nitrogens with zero attached hydrogens (tertiary/aromatic N) is 2. The fourth-order valence-electron chi connectivity index (χ4n) is 1.90. The second kappa shape index (κ2) is 4.93. The number of pyridine rings is 1. The van der Waals surface area contributed by atoms with Crippen molar-refractivity contribution >= 4 is 28.6 Å². The number of rotatable bonds is 3. The Morgan fingerprint density at radius 3 is 3.00 bits per heavy atom. The Morgan fingerprint density at radius 1 is 1.26 bits per heavy atom. The van der Waals surface area contributed by atoms with Crippen LogP contribution < -0.4 is 5.73 Å². The number of aromatic nitrogens is 3. The van der Waals surface area contributed by atoms with E-state index in [0.29, 0.717) is 5.82 Å². The predicted octanol–water partition coefficient (Wildman–Crippen LogP) is 3.14. The summed E-state index contributed by atoms with van der Waals surface area (Å²) in [5.41, 5.74) is 10.1. The Hall–Kier alpha value is -2.01. The topological polar surface area (TPSA) is 67.6 Å². The second-order valence-corrected chi connectivity index (χ2v) is 5.40. The van der Waals surface area contributed by atoms with Crippen LogP contribution in [0.4, 0.5) is 5.82 Å². The molecule has 3 aromatic rings. The highest BCUT2D eigenvalue weighted by Crippen LogP contribution is 2.23. The molecule has 0 spiro atoms. The molecule has 3 N–H and O–H groups in total. The summed E-state index contributed by atoms with van der Waals surface area (Å²) in [7, 11) is 0. The van der Waals surface area contributed by atoms with Crippen molar-refractivity contribution in [2.75, 3.05) is 5.73 Å². The third-order valence-corrected chi connectivity index (χ3v) is 3.78. The van der Waals surface area contributed by atoms with Crippen molar-refractivity contribution < 1.29 is 0 Å². The van der Waals surface area contributed by atoms with Crippen LogP contribution in [0.25, 0.3) is 11.0 Å². The molecule has 0 aliphatic rings. The van der Waals surface area contributed by atoms with Gasteiger partial charge in [0.2, 0.25) is 0 Å². The molecule has 5 heteroatoms. The number of hydrogen-bond acceptors (Lipinski definition) is 4. The predicted molar refractivity (Wildman–Crippen MR) is 79.0 cm³/mol. The van der Waals surface area contributed by atoms with E-state index in [4.69, 9.17) is 5.73 Å². The van der Waals surface area contributed by atoms with E-state index in [9.17, 15) is 0 Å². The lowest BCUT2D eigenvalue weighted by Crippen LogP contribution is -1.91. The number of fused-ring (bicyclic) bond motifs is 1. The quantitative estimate of drug-likeness (QED) is 0.717. The molecule has 0 bridgehead atoms. The number of benzene rings is 1. The first kappa shape index (κ1) is 12.0. The maximum Gasteiger partial charge on any atom is 0.166 e. The van der Waals surface area contributed by atoms with Gasteiger partial charge in [-0.05, 0) is 42.3 Å². The van der Waals surface area contributed by atoms with Crippen molar-refractivity contribution in [2.24, 2.45) is 0 Å². The molecule has 19 heavy (non-hydrogen) atoms. The number of H-pyrrole nitrogens is 1. The van der Waals surface area contributed by atoms with E-state index in [2.05, 4.69) is 34.0 Å². The zero-order chi connectivity index (χ0) is 13.2. The molecule has 0 atom stereocenters. The summed E-state index contributed by atoms with van der Waals surface area (Å²) in [6.07, 6.45) is 1.73. The molecule has 2 heterocycles. The van der Waals surface area contributed by atoms with E-state index in [1.165, 1.54) is 5.56 Å². The summed E-state index contributed by atoms with van der Waals surface area (Å²) in [4.78, 5) is 11.9. The summed E-state index contributed by atoms with van der Waals surface area (Å²) in [6.45, 7) is 2.08. The van der Waals surface area contributed by atoms with Gasteiger partial charge >= 0.3 is 0 Å². The number of nitrogens with two attached hydrogens (primary N) is 1. The molecule has 0 aliphatic carbocycles. The summed E-state index contributed by atoms with van der Waals surface area (Å²) < 4.78 is 0. The van der Waals surface area contributed by atoms with Crippen molar-refractivity contribution in [3.63, 3.8) is 0 Å². The SMILES string of the molecule is Cc1ccc2nc(SCc3ccnc(N)c3)[nH]c2c1. The zero-order valence-corrected chi connectivity index (χ0v) is 11.4. The highest BCUT2D eigenvalue weighted by Gasteiger charge is 2.04. The molecule has 0 saturated heterocycles. The molecule has 2 aromatic heterocycles. The average Bonchev–Trinajstić information content (AvgIpc) is 2.78. The third-order valence-electron chi connectivity index (χ3n) is 2.84. The van der Waals surface area contributed by atoms with Gasteiger partial charge in [-0.2, -0.15) is 0 Å². The van der Waals surface area contributed by atoms with Crippen LogP contribution in [-0.4, -0.2) is 15.0 Å². The Kier molecular flexibility index (Phi) is 3.13. The van der Waals surface area contributed by atoms with E-state index in [1.807, 2.05) is 18.2 Å². The van der Waals surface area contributed by atoms with Gasteiger partial charge in [0.05, 0.1) is 11.0 Å². The Bertz CT molecular complexity index is 720. The minimum atomic E-state index is 0.554. The van der Waals surface area contributed by atoms with Gasteiger partial charge in [0.15, 0.2) is 5.16 Å². The van der Waals surface area contributed by atoms with Gasteiger partial charge in [0.1, 0.15) is 5.82 Å². The van der Waals surface area contributed by atoms with Gasteiger partial charge in [-0.3, -0.25) is 0 Å². The lowest BCUT2D eigenvalue weighted by Gasteiger charge is -1.99. The minimum absolute atomic E-state index is 0.554. The number of hydrogen-bond donors (Lipinski definition) is 2. The van der Waals surface area contributed by atoms with Crippen LogP contribution in [0.2, 0.25) is 0 Å². The molecule has 0 aliphatic heterocycles. The van der Waals surface area contributed by atoms with Gasteiger partial charge in [-0.1, -0.05) is 17.8 Å². The average molecular weight is 270 g/mol. The van der Waals surface area contributed by atoms with Crippen molar-refractivity contribution in [2.45, 2.75) is 17.8 Å². The highest BCUT2D eigenvalue weighted by atomic mass is 32.2. The van der Waals surface area contributed by atoms with E-state index in [-0.39, 0.29) is 0 Å². The van der Waals surface area contributed by atoms with Gasteiger partial charge in [0.25, 0.3) is 0 Å². The number of nitrogens with one attached hydrogen (secondary N) is 1. The Labute approximate surface area is 115 Å². The molecule has 96 valence electrons. The van der Waals surface area contributed by atoms with Gasteiger partial charge in [-0.15, -0.1) is 0 Å². The number of imidazole rings is 1. The molecule has 0 fully saturated rings. The number of thioether (sulfide) groups is 1. The highest BCUT2D eigenvalue weighted by molar-refractivity contribution is 7.98. The largest absolute Gasteiger partial charge is 0.384 e. The fourth-order valence-corrected chi connectivity index (χ4v) is 2.73. The zero-order valence-electron chi connectivity index (χ0n) is 10.6. The van der Waals surface area contributed by atoms with Gasteiger partial charge in [-0.25, -0.2) is 9.97 Å². The fraction of sp³-hybridized carbons (Fsp3) is 0.143. The van der Waals surface area contributed by atoms with Gasteiger partial charge < -0.3 is 10.7 Å². The first-order chi connectivity index (χ1) is 9.20. The van der Waals surface area contributed by atoms with Crippen molar-refractivity contribution in [3.8, 4) is 0 Å². The van der Waals surface area contributed by atoms with E-state index >= 15 is 0 Å². The first-order valence-electron chi connectivity index (χ1n) is 6.00. The van der Waals surface area contributed by atoms with Crippen LogP contribution in [0.15, 0.2) is 41.7 Å². The molecule has 0 saturated carbocycles. The van der Waals surface area contributed by atoms with Crippen molar-refractivity contribution in [1.29, 1.82) is 0 Å². The first-order valence-corrected chi connectivity index (χ1v) is 6.99.